The van der Waals surface area contributed by atoms with Crippen molar-refractivity contribution in [3.05, 3.63) is 144 Å². The monoisotopic (exact) mass is 578 g/mol. The maximum atomic E-state index is 6.43. The quantitative estimate of drug-likeness (QED) is 0.208. The number of hydrogen-bond acceptors (Lipinski definition) is 3. The van der Waals surface area contributed by atoms with Crippen LogP contribution in [0.4, 0.5) is 0 Å². The number of hydrogen-bond donors (Lipinski definition) is 0. The van der Waals surface area contributed by atoms with Crippen molar-refractivity contribution in [1.82, 2.24) is 9.97 Å². The molecule has 45 heavy (non-hydrogen) atoms. The summed E-state index contributed by atoms with van der Waals surface area (Å²) >= 11 is 0. The van der Waals surface area contributed by atoms with Crippen molar-refractivity contribution in [3.63, 3.8) is 0 Å². The third-order valence-corrected chi connectivity index (χ3v) is 9.15. The second-order valence-electron chi connectivity index (χ2n) is 12.0. The molecule has 0 atom stereocenters. The fourth-order valence-corrected chi connectivity index (χ4v) is 6.73. The van der Waals surface area contributed by atoms with Crippen molar-refractivity contribution in [2.45, 2.75) is 25.7 Å². The van der Waals surface area contributed by atoms with Gasteiger partial charge in [0, 0.05) is 27.5 Å². The van der Waals surface area contributed by atoms with Crippen LogP contribution in [0.2, 0.25) is 0 Å². The molecule has 2 heterocycles. The van der Waals surface area contributed by atoms with Gasteiger partial charge in [-0.3, -0.25) is 0 Å². The van der Waals surface area contributed by atoms with Crippen molar-refractivity contribution in [2.24, 2.45) is 0 Å². The van der Waals surface area contributed by atoms with Crippen LogP contribution in [-0.4, -0.2) is 9.97 Å². The van der Waals surface area contributed by atoms with Crippen molar-refractivity contribution in [1.29, 1.82) is 0 Å². The predicted molar refractivity (Wildman–Crippen MR) is 187 cm³/mol. The fourth-order valence-electron chi connectivity index (χ4n) is 6.73. The van der Waals surface area contributed by atoms with Gasteiger partial charge in [-0.25, -0.2) is 9.97 Å². The minimum absolute atomic E-state index is 0.765. The molecule has 9 rings (SSSR count). The lowest BCUT2D eigenvalue weighted by Gasteiger charge is -2.14. The Morgan fingerprint density at radius 2 is 1.31 bits per heavy atom. The molecule has 0 saturated carbocycles. The first kappa shape index (κ1) is 25.9. The Bertz CT molecular complexity index is 2390. The first-order chi connectivity index (χ1) is 22.2. The third kappa shape index (κ3) is 4.69. The van der Waals surface area contributed by atoms with Crippen molar-refractivity contribution in [3.8, 4) is 33.6 Å². The van der Waals surface area contributed by atoms with Crippen LogP contribution in [0.1, 0.15) is 36.2 Å². The highest BCUT2D eigenvalue weighted by Gasteiger charge is 2.16. The first-order valence-electron chi connectivity index (χ1n) is 15.8. The smallest absolute Gasteiger partial charge is 0.160 e. The van der Waals surface area contributed by atoms with Gasteiger partial charge in [-0.1, -0.05) is 91.0 Å². The number of fused-ring (bicyclic) bond motifs is 5. The molecule has 2 aliphatic rings. The lowest BCUT2D eigenvalue weighted by atomic mass is 9.94. The second-order valence-corrected chi connectivity index (χ2v) is 12.0. The third-order valence-electron chi connectivity index (χ3n) is 9.15. The van der Waals surface area contributed by atoms with Gasteiger partial charge in [-0.05, 0) is 101 Å². The minimum Gasteiger partial charge on any atom is -0.456 e. The summed E-state index contributed by atoms with van der Waals surface area (Å²) in [6.45, 7) is 0. The number of aryl methyl sites for hydroxylation is 1. The largest absolute Gasteiger partial charge is 0.456 e. The van der Waals surface area contributed by atoms with E-state index in [4.69, 9.17) is 14.4 Å². The number of allylic oxidation sites excluding steroid dienone is 5. The van der Waals surface area contributed by atoms with Crippen molar-refractivity contribution < 1.29 is 4.42 Å². The summed E-state index contributed by atoms with van der Waals surface area (Å²) in [7, 11) is 0. The van der Waals surface area contributed by atoms with E-state index >= 15 is 0 Å². The number of nitrogens with zero attached hydrogens (tertiary/aromatic N) is 2. The number of furan rings is 1. The van der Waals surface area contributed by atoms with E-state index in [2.05, 4.69) is 134 Å². The Morgan fingerprint density at radius 3 is 2.20 bits per heavy atom. The summed E-state index contributed by atoms with van der Waals surface area (Å²) in [6.07, 6.45) is 15.3. The van der Waals surface area contributed by atoms with Crippen LogP contribution in [0.15, 0.2) is 132 Å². The normalized spacial score (nSPS) is 14.3. The van der Waals surface area contributed by atoms with Gasteiger partial charge in [0.15, 0.2) is 5.82 Å². The molecule has 2 aliphatic carbocycles. The summed E-state index contributed by atoms with van der Waals surface area (Å²) < 4.78 is 6.43. The average Bonchev–Trinajstić information content (AvgIpc) is 3.48. The molecular formula is C42H30N2O. The molecular weight excluding hydrogens is 548 g/mol. The Hall–Kier alpha value is -5.54. The van der Waals surface area contributed by atoms with Gasteiger partial charge in [0.25, 0.3) is 0 Å². The van der Waals surface area contributed by atoms with Gasteiger partial charge in [-0.15, -0.1) is 0 Å². The highest BCUT2D eigenvalue weighted by atomic mass is 16.3. The molecule has 3 heteroatoms. The van der Waals surface area contributed by atoms with E-state index in [-0.39, 0.29) is 0 Å². The second kappa shape index (κ2) is 10.6. The molecule has 0 bridgehead atoms. The van der Waals surface area contributed by atoms with Gasteiger partial charge in [0.1, 0.15) is 11.2 Å². The molecule has 0 unspecified atom stereocenters. The van der Waals surface area contributed by atoms with Crippen LogP contribution >= 0.6 is 0 Å². The van der Waals surface area contributed by atoms with Gasteiger partial charge in [0.2, 0.25) is 0 Å². The first-order valence-corrected chi connectivity index (χ1v) is 15.8. The van der Waals surface area contributed by atoms with E-state index in [9.17, 15) is 0 Å². The fraction of sp³-hybridized carbons (Fsp3) is 0.0952. The SMILES string of the molecule is C1=CC(c2nc(-c3ccc4c(c3)CCC=C4)cc(-c3ccc4c(c3)oc3ccc(-c5ccc6ccccc6c5)cc34)n2)=CCC1. The zero-order chi connectivity index (χ0) is 29.7. The maximum Gasteiger partial charge on any atom is 0.160 e. The maximum absolute atomic E-state index is 6.43. The Morgan fingerprint density at radius 1 is 0.533 bits per heavy atom. The molecule has 0 spiro atoms. The number of aromatic nitrogens is 2. The van der Waals surface area contributed by atoms with Crippen LogP contribution < -0.4 is 0 Å². The summed E-state index contributed by atoms with van der Waals surface area (Å²) in [5.41, 5.74) is 11.9. The average molecular weight is 579 g/mol. The van der Waals surface area contributed by atoms with Gasteiger partial charge in [0.05, 0.1) is 11.4 Å². The van der Waals surface area contributed by atoms with Crippen molar-refractivity contribution >= 4 is 44.4 Å². The molecule has 2 aromatic heterocycles. The van der Waals surface area contributed by atoms with Crippen LogP contribution in [0.25, 0.3) is 78.0 Å². The Balaban J connectivity index is 1.15. The summed E-state index contributed by atoms with van der Waals surface area (Å²) in [5, 5.41) is 4.71. The zero-order valence-electron chi connectivity index (χ0n) is 24.8. The van der Waals surface area contributed by atoms with E-state index < -0.39 is 0 Å². The Kier molecular flexibility index (Phi) is 6.09. The lowest BCUT2D eigenvalue weighted by molar-refractivity contribution is 0.669. The molecule has 0 fully saturated rings. The summed E-state index contributed by atoms with van der Waals surface area (Å²) in [4.78, 5) is 10.2. The van der Waals surface area contributed by atoms with Crippen LogP contribution in [0.3, 0.4) is 0 Å². The van der Waals surface area contributed by atoms with Crippen LogP contribution in [-0.2, 0) is 6.42 Å². The summed E-state index contributed by atoms with van der Waals surface area (Å²) in [6, 6.07) is 36.9. The molecule has 0 N–H and O–H groups in total. The van der Waals surface area contributed by atoms with Gasteiger partial charge in [-0.2, -0.15) is 0 Å². The van der Waals surface area contributed by atoms with Gasteiger partial charge >= 0.3 is 0 Å². The van der Waals surface area contributed by atoms with Crippen molar-refractivity contribution in [2.75, 3.05) is 0 Å². The standard InChI is InChI=1S/C42H30N2O/c1-2-10-29(11-3-1)42-43-38(34-17-15-28-9-5-7-13-31(28)23-34)26-39(44-42)35-18-20-36-37-24-33(19-21-40(37)45-41(36)25-35)32-16-14-27-8-4-6-12-30(27)22-32/h2,4-6,8-12,14-26H,1,3,7,13H2. The van der Waals surface area contributed by atoms with Gasteiger partial charge < -0.3 is 4.42 Å². The molecule has 3 nitrogen and oxygen atoms in total. The molecule has 0 saturated heterocycles. The molecule has 0 amide bonds. The topological polar surface area (TPSA) is 38.9 Å². The molecule has 214 valence electrons. The van der Waals surface area contributed by atoms with E-state index in [1.807, 2.05) is 0 Å². The number of rotatable bonds is 4. The molecule has 7 aromatic rings. The molecule has 0 aliphatic heterocycles. The van der Waals surface area contributed by atoms with E-state index in [1.54, 1.807) is 0 Å². The van der Waals surface area contributed by atoms with E-state index in [0.29, 0.717) is 0 Å². The molecule has 0 radical (unpaired) electrons. The van der Waals surface area contributed by atoms with Crippen LogP contribution in [0, 0.1) is 0 Å². The molecule has 5 aromatic carbocycles. The highest BCUT2D eigenvalue weighted by molar-refractivity contribution is 6.07. The predicted octanol–water partition coefficient (Wildman–Crippen LogP) is 11.2. The zero-order valence-corrected chi connectivity index (χ0v) is 24.8. The van der Waals surface area contributed by atoms with E-state index in [1.165, 1.54) is 33.0 Å². The Labute approximate surface area is 261 Å². The number of benzene rings is 5. The lowest BCUT2D eigenvalue weighted by Crippen LogP contribution is -2.00. The van der Waals surface area contributed by atoms with Crippen LogP contribution in [0.5, 0.6) is 0 Å². The van der Waals surface area contributed by atoms with E-state index in [0.717, 1.165) is 81.5 Å². The highest BCUT2D eigenvalue weighted by Crippen LogP contribution is 2.36. The minimum atomic E-state index is 0.765. The summed E-state index contributed by atoms with van der Waals surface area (Å²) in [5.74, 6) is 0.765.